The largest absolute Gasteiger partial charge is 0.347 e. The maximum absolute atomic E-state index is 7.15. The smallest absolute Gasteiger partial charge is 0.189 e. The van der Waals surface area contributed by atoms with Crippen LogP contribution in [-0.4, -0.2) is 28.4 Å². The van der Waals surface area contributed by atoms with E-state index in [1.807, 2.05) is 24.8 Å². The molecule has 0 amide bonds. The molecule has 1 atom stereocenters. The van der Waals surface area contributed by atoms with E-state index in [1.54, 1.807) is 6.07 Å². The molecule has 0 saturated carbocycles. The number of rotatable bonds is 5. The number of amidine groups is 1. The van der Waals surface area contributed by atoms with E-state index in [-0.39, 0.29) is 0 Å². The Morgan fingerprint density at radius 1 is 1.33 bits per heavy atom. The first-order valence-electron chi connectivity index (χ1n) is 8.47. The van der Waals surface area contributed by atoms with Gasteiger partial charge in [0.05, 0.1) is 17.3 Å². The third-order valence-electron chi connectivity index (χ3n) is 3.97. The molecule has 3 nitrogen and oxygen atoms in total. The van der Waals surface area contributed by atoms with Crippen LogP contribution in [0.4, 0.5) is 11.4 Å². The lowest BCUT2D eigenvalue weighted by Crippen LogP contribution is -2.37. The summed E-state index contributed by atoms with van der Waals surface area (Å²) in [4.78, 5) is 10.8. The second kappa shape index (κ2) is 8.27. The van der Waals surface area contributed by atoms with Crippen LogP contribution >= 0.6 is 23.4 Å². The van der Waals surface area contributed by atoms with Crippen LogP contribution in [0.5, 0.6) is 0 Å². The number of hydrogen-bond donors (Lipinski definition) is 0. The fourth-order valence-corrected chi connectivity index (χ4v) is 4.48. The van der Waals surface area contributed by atoms with Gasteiger partial charge in [-0.3, -0.25) is 0 Å². The molecule has 1 aromatic carbocycles. The van der Waals surface area contributed by atoms with Gasteiger partial charge in [-0.1, -0.05) is 57.1 Å². The molecule has 1 heterocycles. The van der Waals surface area contributed by atoms with E-state index in [0.29, 0.717) is 28.6 Å². The summed E-state index contributed by atoms with van der Waals surface area (Å²) in [6, 6.07) is 4.10. The van der Waals surface area contributed by atoms with Crippen LogP contribution in [0.1, 0.15) is 39.7 Å². The highest BCUT2D eigenvalue weighted by atomic mass is 35.5. The molecule has 2 rings (SSSR count). The van der Waals surface area contributed by atoms with Gasteiger partial charge in [-0.15, -0.1) is 0 Å². The number of halogens is 1. The molecule has 1 fully saturated rings. The Bertz CT molecular complexity index is 638. The van der Waals surface area contributed by atoms with Gasteiger partial charge in [0, 0.05) is 18.3 Å². The van der Waals surface area contributed by atoms with Gasteiger partial charge >= 0.3 is 0 Å². The van der Waals surface area contributed by atoms with Gasteiger partial charge in [0.15, 0.2) is 10.9 Å². The first-order valence-corrected chi connectivity index (χ1v) is 9.83. The molecule has 24 heavy (non-hydrogen) atoms. The highest BCUT2D eigenvalue weighted by Crippen LogP contribution is 2.37. The predicted molar refractivity (Wildman–Crippen MR) is 107 cm³/mol. The Kier molecular flexibility index (Phi) is 6.60. The minimum Gasteiger partial charge on any atom is -0.347 e. The molecule has 0 aliphatic carbocycles. The zero-order valence-corrected chi connectivity index (χ0v) is 16.7. The van der Waals surface area contributed by atoms with Gasteiger partial charge < -0.3 is 4.90 Å². The van der Waals surface area contributed by atoms with Crippen LogP contribution in [0.15, 0.2) is 17.1 Å². The Morgan fingerprint density at radius 2 is 2.04 bits per heavy atom. The third-order valence-corrected chi connectivity index (χ3v) is 5.40. The lowest BCUT2D eigenvalue weighted by Gasteiger charge is -2.29. The summed E-state index contributed by atoms with van der Waals surface area (Å²) in [5.41, 5.74) is 2.32. The average molecular weight is 364 g/mol. The standard InChI is InChI=1S/C19H26ClN3S/c1-12(2)7-16-11-24-19(23(16)10-13(3)4)22-18-14(5)8-15(21-6)9-17(18)20/h8-9,12-13,16H,7,10-11H2,1-5H3. The molecule has 1 saturated heterocycles. The molecule has 0 N–H and O–H groups in total. The SMILES string of the molecule is [C-]#[N+]c1cc(C)c(N=C2SCC(CC(C)C)N2CC(C)C)c(Cl)c1. The van der Waals surface area contributed by atoms with Gasteiger partial charge in [-0.05, 0) is 36.8 Å². The van der Waals surface area contributed by atoms with E-state index < -0.39 is 0 Å². The minimum absolute atomic E-state index is 0.540. The lowest BCUT2D eigenvalue weighted by atomic mass is 10.0. The predicted octanol–water partition coefficient (Wildman–Crippen LogP) is 6.31. The van der Waals surface area contributed by atoms with Crippen LogP contribution in [0.3, 0.4) is 0 Å². The van der Waals surface area contributed by atoms with E-state index in [0.717, 1.165) is 28.7 Å². The van der Waals surface area contributed by atoms with Crippen molar-refractivity contribution in [2.24, 2.45) is 16.8 Å². The number of aryl methyl sites for hydroxylation is 1. The van der Waals surface area contributed by atoms with Gasteiger partial charge in [0.25, 0.3) is 0 Å². The number of hydrogen-bond acceptors (Lipinski definition) is 2. The fraction of sp³-hybridized carbons (Fsp3) is 0.579. The number of nitrogens with zero attached hydrogens (tertiary/aromatic N) is 3. The van der Waals surface area contributed by atoms with Crippen LogP contribution in [-0.2, 0) is 0 Å². The second-order valence-corrected chi connectivity index (χ2v) is 8.63. The Hall–Kier alpha value is -1.18. The van der Waals surface area contributed by atoms with Crippen molar-refractivity contribution in [2.45, 2.75) is 47.1 Å². The highest BCUT2D eigenvalue weighted by Gasteiger charge is 2.31. The van der Waals surface area contributed by atoms with Crippen LogP contribution in [0.25, 0.3) is 4.85 Å². The average Bonchev–Trinajstić information content (AvgIpc) is 2.83. The van der Waals surface area contributed by atoms with Crippen molar-refractivity contribution in [3.05, 3.63) is 34.1 Å². The number of aliphatic imine (C=N–C) groups is 1. The molecule has 0 bridgehead atoms. The van der Waals surface area contributed by atoms with Crippen molar-refractivity contribution in [3.8, 4) is 0 Å². The monoisotopic (exact) mass is 363 g/mol. The molecule has 0 aromatic heterocycles. The Morgan fingerprint density at radius 3 is 2.58 bits per heavy atom. The molecule has 1 aliphatic heterocycles. The van der Waals surface area contributed by atoms with Gasteiger partial charge in [-0.25, -0.2) is 9.84 Å². The van der Waals surface area contributed by atoms with E-state index in [4.69, 9.17) is 23.2 Å². The molecule has 1 unspecified atom stereocenters. The molecule has 1 aliphatic rings. The van der Waals surface area contributed by atoms with Gasteiger partial charge in [0.2, 0.25) is 0 Å². The first kappa shape index (κ1) is 19.1. The van der Waals surface area contributed by atoms with Crippen molar-refractivity contribution in [1.29, 1.82) is 0 Å². The normalized spacial score (nSPS) is 19.5. The lowest BCUT2D eigenvalue weighted by molar-refractivity contribution is 0.279. The summed E-state index contributed by atoms with van der Waals surface area (Å²) in [6.45, 7) is 19.2. The Labute approximate surface area is 155 Å². The summed E-state index contributed by atoms with van der Waals surface area (Å²) in [6.07, 6.45) is 1.18. The van der Waals surface area contributed by atoms with Crippen LogP contribution in [0, 0.1) is 25.3 Å². The summed E-state index contributed by atoms with van der Waals surface area (Å²) in [5.74, 6) is 2.35. The molecule has 5 heteroatoms. The van der Waals surface area contributed by atoms with E-state index in [2.05, 4.69) is 37.4 Å². The van der Waals surface area contributed by atoms with Gasteiger partial charge in [-0.2, -0.15) is 0 Å². The quantitative estimate of drug-likeness (QED) is 0.571. The fourth-order valence-electron chi connectivity index (χ4n) is 2.98. The van der Waals surface area contributed by atoms with Crippen molar-refractivity contribution in [3.63, 3.8) is 0 Å². The maximum Gasteiger partial charge on any atom is 0.189 e. The van der Waals surface area contributed by atoms with Crippen molar-refractivity contribution in [1.82, 2.24) is 4.90 Å². The highest BCUT2D eigenvalue weighted by molar-refractivity contribution is 8.14. The zero-order chi connectivity index (χ0) is 17.9. The summed E-state index contributed by atoms with van der Waals surface area (Å²) >= 11 is 8.21. The first-order chi connectivity index (χ1) is 11.3. The van der Waals surface area contributed by atoms with Gasteiger partial charge in [0.1, 0.15) is 0 Å². The Balaban J connectivity index is 2.35. The topological polar surface area (TPSA) is 20.0 Å². The summed E-state index contributed by atoms with van der Waals surface area (Å²) in [7, 11) is 0. The second-order valence-electron chi connectivity index (χ2n) is 7.24. The summed E-state index contributed by atoms with van der Waals surface area (Å²) in [5, 5.41) is 1.63. The molecule has 0 radical (unpaired) electrons. The van der Waals surface area contributed by atoms with Crippen molar-refractivity contribution in [2.75, 3.05) is 12.3 Å². The molecule has 130 valence electrons. The van der Waals surface area contributed by atoms with E-state index in [9.17, 15) is 0 Å². The molecular weight excluding hydrogens is 338 g/mol. The summed E-state index contributed by atoms with van der Waals surface area (Å²) < 4.78 is 0. The van der Waals surface area contributed by atoms with E-state index >= 15 is 0 Å². The number of benzene rings is 1. The van der Waals surface area contributed by atoms with E-state index in [1.165, 1.54) is 6.42 Å². The molecule has 1 aromatic rings. The van der Waals surface area contributed by atoms with Crippen molar-refractivity contribution >= 4 is 39.9 Å². The maximum atomic E-state index is 7.15. The van der Waals surface area contributed by atoms with Crippen LogP contribution < -0.4 is 0 Å². The minimum atomic E-state index is 0.540. The zero-order valence-electron chi connectivity index (χ0n) is 15.1. The number of thioether (sulfide) groups is 1. The van der Waals surface area contributed by atoms with Crippen molar-refractivity contribution < 1.29 is 0 Å². The van der Waals surface area contributed by atoms with Crippen LogP contribution in [0.2, 0.25) is 5.02 Å². The third kappa shape index (κ3) is 4.68. The molecule has 0 spiro atoms. The molecular formula is C19H26ClN3S.